The van der Waals surface area contributed by atoms with Crippen LogP contribution < -0.4 is 5.32 Å². The van der Waals surface area contributed by atoms with Gasteiger partial charge in [-0.05, 0) is 38.8 Å². The Morgan fingerprint density at radius 1 is 1.10 bits per heavy atom. The first-order chi connectivity index (χ1) is 10.0. The molecule has 1 aliphatic rings. The van der Waals surface area contributed by atoms with Crippen molar-refractivity contribution in [3.8, 4) is 0 Å². The van der Waals surface area contributed by atoms with Crippen LogP contribution in [-0.4, -0.2) is 48.1 Å². The molecule has 0 atom stereocenters. The molecule has 1 amide bonds. The van der Waals surface area contributed by atoms with E-state index in [9.17, 15) is 14.7 Å². The lowest BCUT2D eigenvalue weighted by atomic mass is 9.79. The number of hydrogen-bond acceptors (Lipinski definition) is 3. The van der Waals surface area contributed by atoms with Gasteiger partial charge in [-0.3, -0.25) is 9.59 Å². The molecule has 1 heterocycles. The Morgan fingerprint density at radius 2 is 1.67 bits per heavy atom. The smallest absolute Gasteiger partial charge is 0.310 e. The molecular formula is C16H30N2O3. The summed E-state index contributed by atoms with van der Waals surface area (Å²) < 4.78 is 0. The largest absolute Gasteiger partial charge is 0.481 e. The van der Waals surface area contributed by atoms with Gasteiger partial charge in [0.25, 0.3) is 0 Å². The standard InChI is InChI=1S/C16H30N2O3/c1-3-16(4-2,15(20)21)13-14(19)17-9-12-18-10-7-5-6-8-11-18/h3-13H2,1-2H3,(H,17,19)(H,20,21). The highest BCUT2D eigenvalue weighted by atomic mass is 16.4. The minimum Gasteiger partial charge on any atom is -0.481 e. The van der Waals surface area contributed by atoms with Crippen molar-refractivity contribution in [2.24, 2.45) is 5.41 Å². The Labute approximate surface area is 128 Å². The fraction of sp³-hybridized carbons (Fsp3) is 0.875. The molecule has 0 aromatic rings. The minimum atomic E-state index is -0.910. The van der Waals surface area contributed by atoms with Crippen molar-refractivity contribution in [3.05, 3.63) is 0 Å². The lowest BCUT2D eigenvalue weighted by Gasteiger charge is -2.26. The van der Waals surface area contributed by atoms with E-state index in [0.29, 0.717) is 19.4 Å². The van der Waals surface area contributed by atoms with Crippen molar-refractivity contribution >= 4 is 11.9 Å². The van der Waals surface area contributed by atoms with Crippen LogP contribution in [0.5, 0.6) is 0 Å². The number of nitrogens with zero attached hydrogens (tertiary/aromatic N) is 1. The second-order valence-electron chi connectivity index (χ2n) is 6.08. The lowest BCUT2D eigenvalue weighted by molar-refractivity contribution is -0.152. The maximum atomic E-state index is 12.0. The Morgan fingerprint density at radius 3 is 2.14 bits per heavy atom. The molecule has 1 rings (SSSR count). The Balaban J connectivity index is 2.34. The zero-order valence-electron chi connectivity index (χ0n) is 13.5. The quantitative estimate of drug-likeness (QED) is 0.721. The van der Waals surface area contributed by atoms with Gasteiger partial charge in [-0.1, -0.05) is 26.7 Å². The summed E-state index contributed by atoms with van der Waals surface area (Å²) in [4.78, 5) is 25.8. The van der Waals surface area contributed by atoms with Crippen molar-refractivity contribution < 1.29 is 14.7 Å². The molecule has 1 aliphatic heterocycles. The molecule has 1 fully saturated rings. The van der Waals surface area contributed by atoms with Crippen LogP contribution in [0, 0.1) is 5.41 Å². The number of hydrogen-bond donors (Lipinski definition) is 2. The SMILES string of the molecule is CCC(CC)(CC(=O)NCCN1CCCCCC1)C(=O)O. The molecule has 0 aliphatic carbocycles. The summed E-state index contributed by atoms with van der Waals surface area (Å²) in [6.07, 6.45) is 6.13. The molecule has 0 aromatic heterocycles. The molecule has 21 heavy (non-hydrogen) atoms. The number of rotatable bonds is 8. The van der Waals surface area contributed by atoms with Gasteiger partial charge in [0.1, 0.15) is 0 Å². The number of likely N-dealkylation sites (tertiary alicyclic amines) is 1. The fourth-order valence-electron chi connectivity index (χ4n) is 2.96. The lowest BCUT2D eigenvalue weighted by Crippen LogP contribution is -2.40. The summed E-state index contributed by atoms with van der Waals surface area (Å²) >= 11 is 0. The van der Waals surface area contributed by atoms with Crippen LogP contribution in [0.1, 0.15) is 58.8 Å². The molecule has 5 heteroatoms. The van der Waals surface area contributed by atoms with E-state index in [1.54, 1.807) is 0 Å². The van der Waals surface area contributed by atoms with Gasteiger partial charge in [0.15, 0.2) is 0 Å². The molecule has 0 aromatic carbocycles. The summed E-state index contributed by atoms with van der Waals surface area (Å²) in [5, 5.41) is 12.2. The summed E-state index contributed by atoms with van der Waals surface area (Å²) in [6, 6.07) is 0. The Kier molecular flexibility index (Phi) is 7.72. The summed E-state index contributed by atoms with van der Waals surface area (Å²) in [7, 11) is 0. The molecule has 0 bridgehead atoms. The maximum Gasteiger partial charge on any atom is 0.310 e. The van der Waals surface area contributed by atoms with E-state index in [0.717, 1.165) is 19.6 Å². The third-order valence-electron chi connectivity index (χ3n) is 4.76. The van der Waals surface area contributed by atoms with E-state index >= 15 is 0 Å². The summed E-state index contributed by atoms with van der Waals surface area (Å²) in [6.45, 7) is 7.37. The maximum absolute atomic E-state index is 12.0. The second-order valence-corrected chi connectivity index (χ2v) is 6.08. The number of carbonyl (C=O) groups is 2. The predicted octanol–water partition coefficient (Wildman–Crippen LogP) is 2.26. The minimum absolute atomic E-state index is 0.0787. The highest BCUT2D eigenvalue weighted by molar-refractivity contribution is 5.84. The van der Waals surface area contributed by atoms with Crippen LogP contribution >= 0.6 is 0 Å². The van der Waals surface area contributed by atoms with E-state index in [1.165, 1.54) is 25.7 Å². The molecule has 0 radical (unpaired) electrons. The molecular weight excluding hydrogens is 268 g/mol. The van der Waals surface area contributed by atoms with E-state index in [-0.39, 0.29) is 12.3 Å². The molecule has 5 nitrogen and oxygen atoms in total. The number of nitrogens with one attached hydrogen (secondary N) is 1. The normalized spacial score (nSPS) is 17.2. The van der Waals surface area contributed by atoms with Crippen molar-refractivity contribution in [2.45, 2.75) is 58.8 Å². The third-order valence-corrected chi connectivity index (χ3v) is 4.76. The first-order valence-corrected chi connectivity index (χ1v) is 8.26. The topological polar surface area (TPSA) is 69.6 Å². The van der Waals surface area contributed by atoms with Gasteiger partial charge >= 0.3 is 5.97 Å². The third kappa shape index (κ3) is 5.65. The average molecular weight is 298 g/mol. The second kappa shape index (κ2) is 9.03. The van der Waals surface area contributed by atoms with Gasteiger partial charge in [0.2, 0.25) is 5.91 Å². The number of carboxylic acids is 1. The molecule has 0 saturated carbocycles. The zero-order chi connectivity index (χ0) is 15.7. The first-order valence-electron chi connectivity index (χ1n) is 8.26. The van der Waals surface area contributed by atoms with Crippen LogP contribution in [0.4, 0.5) is 0 Å². The van der Waals surface area contributed by atoms with Crippen LogP contribution in [0.15, 0.2) is 0 Å². The number of carboxylic acid groups (broad SMARTS) is 1. The summed E-state index contributed by atoms with van der Waals surface area (Å²) in [5.41, 5.74) is -0.910. The van der Waals surface area contributed by atoms with Gasteiger partial charge in [-0.25, -0.2) is 0 Å². The monoisotopic (exact) mass is 298 g/mol. The Hall–Kier alpha value is -1.10. The number of carbonyl (C=O) groups excluding carboxylic acids is 1. The van der Waals surface area contributed by atoms with Crippen molar-refractivity contribution in [3.63, 3.8) is 0 Å². The van der Waals surface area contributed by atoms with Gasteiger partial charge in [-0.2, -0.15) is 0 Å². The molecule has 1 saturated heterocycles. The van der Waals surface area contributed by atoms with Gasteiger partial charge < -0.3 is 15.3 Å². The van der Waals surface area contributed by atoms with E-state index in [4.69, 9.17) is 0 Å². The van der Waals surface area contributed by atoms with Crippen molar-refractivity contribution in [1.29, 1.82) is 0 Å². The highest BCUT2D eigenvalue weighted by Gasteiger charge is 2.36. The highest BCUT2D eigenvalue weighted by Crippen LogP contribution is 2.30. The van der Waals surface area contributed by atoms with Crippen LogP contribution in [0.2, 0.25) is 0 Å². The van der Waals surface area contributed by atoms with Crippen LogP contribution in [0.3, 0.4) is 0 Å². The van der Waals surface area contributed by atoms with E-state index in [2.05, 4.69) is 10.2 Å². The predicted molar refractivity (Wildman–Crippen MR) is 83.2 cm³/mol. The van der Waals surface area contributed by atoms with Crippen LogP contribution in [-0.2, 0) is 9.59 Å². The molecule has 122 valence electrons. The van der Waals surface area contributed by atoms with Crippen molar-refractivity contribution in [1.82, 2.24) is 10.2 Å². The first kappa shape index (κ1) is 18.0. The van der Waals surface area contributed by atoms with Crippen LogP contribution in [0.25, 0.3) is 0 Å². The van der Waals surface area contributed by atoms with Crippen molar-refractivity contribution in [2.75, 3.05) is 26.2 Å². The zero-order valence-corrected chi connectivity index (χ0v) is 13.5. The Bertz CT molecular complexity index is 332. The fourth-order valence-corrected chi connectivity index (χ4v) is 2.96. The number of aliphatic carboxylic acids is 1. The molecule has 0 unspecified atom stereocenters. The average Bonchev–Trinajstić information content (AvgIpc) is 2.73. The van der Waals surface area contributed by atoms with Gasteiger partial charge in [-0.15, -0.1) is 0 Å². The van der Waals surface area contributed by atoms with E-state index in [1.807, 2.05) is 13.8 Å². The summed E-state index contributed by atoms with van der Waals surface area (Å²) in [5.74, 6) is -1.01. The molecule has 0 spiro atoms. The van der Waals surface area contributed by atoms with Gasteiger partial charge in [0.05, 0.1) is 5.41 Å². The number of amides is 1. The van der Waals surface area contributed by atoms with Gasteiger partial charge in [0, 0.05) is 19.5 Å². The van der Waals surface area contributed by atoms with E-state index < -0.39 is 11.4 Å². The molecule has 2 N–H and O–H groups in total.